The maximum atomic E-state index is 5.19. The van der Waals surface area contributed by atoms with Crippen LogP contribution in [-0.2, 0) is 0 Å². The number of imidazole rings is 1. The van der Waals surface area contributed by atoms with Gasteiger partial charge in [-0.1, -0.05) is 51.1 Å². The van der Waals surface area contributed by atoms with Crippen LogP contribution in [0.1, 0.15) is 43.8 Å². The van der Waals surface area contributed by atoms with Crippen LogP contribution in [0.25, 0.3) is 5.52 Å². The van der Waals surface area contributed by atoms with E-state index in [4.69, 9.17) is 9.72 Å². The Morgan fingerprint density at radius 2 is 1.69 bits per heavy atom. The van der Waals surface area contributed by atoms with Crippen molar-refractivity contribution < 1.29 is 4.74 Å². The van der Waals surface area contributed by atoms with Gasteiger partial charge < -0.3 is 10.1 Å². The lowest BCUT2D eigenvalue weighted by Crippen LogP contribution is -2.07. The quantitative estimate of drug-likeness (QED) is 0.497. The van der Waals surface area contributed by atoms with E-state index in [1.807, 2.05) is 73.9 Å². The second-order valence-electron chi connectivity index (χ2n) is 6.42. The third-order valence-electron chi connectivity index (χ3n) is 4.64. The Labute approximate surface area is 171 Å². The van der Waals surface area contributed by atoms with Gasteiger partial charge in [-0.2, -0.15) is 0 Å². The van der Waals surface area contributed by atoms with Crippen molar-refractivity contribution in [3.05, 3.63) is 77.9 Å². The normalized spacial score (nSPS) is 11.5. The Morgan fingerprint density at radius 3 is 2.34 bits per heavy atom. The molecule has 150 valence electrons. The van der Waals surface area contributed by atoms with Crippen molar-refractivity contribution in [1.82, 2.24) is 19.6 Å². The van der Waals surface area contributed by atoms with Crippen LogP contribution >= 0.6 is 0 Å². The fourth-order valence-electron chi connectivity index (χ4n) is 3.08. The van der Waals surface area contributed by atoms with Crippen LogP contribution in [0.4, 0.5) is 11.6 Å². The van der Waals surface area contributed by atoms with Gasteiger partial charge in [-0.25, -0.2) is 14.5 Å². The molecule has 0 saturated heterocycles. The van der Waals surface area contributed by atoms with E-state index < -0.39 is 0 Å². The van der Waals surface area contributed by atoms with Crippen LogP contribution < -0.4 is 10.1 Å². The van der Waals surface area contributed by atoms with Crippen molar-refractivity contribution in [3.8, 4) is 5.75 Å². The number of fused-ring (bicyclic) bond motifs is 1. The highest BCUT2D eigenvalue weighted by Crippen LogP contribution is 2.25. The maximum absolute atomic E-state index is 5.19. The molecule has 4 aromatic rings. The molecular formula is C23H27N5O. The molecule has 0 bridgehead atoms. The van der Waals surface area contributed by atoms with Crippen LogP contribution in [0.2, 0.25) is 0 Å². The van der Waals surface area contributed by atoms with Crippen molar-refractivity contribution in [2.75, 3.05) is 12.4 Å². The molecule has 2 aromatic carbocycles. The number of anilines is 2. The van der Waals surface area contributed by atoms with Crippen LogP contribution in [0.5, 0.6) is 5.75 Å². The fraction of sp³-hybridized carbons (Fsp3) is 0.261. The molecule has 0 saturated carbocycles. The molecule has 1 N–H and O–H groups in total. The zero-order valence-corrected chi connectivity index (χ0v) is 17.5. The van der Waals surface area contributed by atoms with E-state index >= 15 is 0 Å². The topological polar surface area (TPSA) is 64.3 Å². The number of nitrogens with zero attached hydrogens (tertiary/aromatic N) is 4. The molecule has 0 spiro atoms. The van der Waals surface area contributed by atoms with E-state index in [1.54, 1.807) is 7.11 Å². The first-order valence-corrected chi connectivity index (χ1v) is 9.84. The van der Waals surface area contributed by atoms with E-state index in [0.29, 0.717) is 5.95 Å². The highest BCUT2D eigenvalue weighted by atomic mass is 16.5. The van der Waals surface area contributed by atoms with Gasteiger partial charge in [0, 0.05) is 11.6 Å². The van der Waals surface area contributed by atoms with Crippen LogP contribution in [0.15, 0.2) is 60.8 Å². The van der Waals surface area contributed by atoms with Crippen molar-refractivity contribution >= 4 is 17.2 Å². The maximum Gasteiger partial charge on any atom is 0.245 e. The molecule has 0 aliphatic rings. The van der Waals surface area contributed by atoms with Gasteiger partial charge in [0.2, 0.25) is 5.95 Å². The third-order valence-corrected chi connectivity index (χ3v) is 4.64. The first-order valence-electron chi connectivity index (χ1n) is 9.84. The Balaban J connectivity index is 0.00000117. The summed E-state index contributed by atoms with van der Waals surface area (Å²) in [5.41, 5.74) is 3.93. The predicted molar refractivity (Wildman–Crippen MR) is 117 cm³/mol. The molecule has 4 rings (SSSR count). The summed E-state index contributed by atoms with van der Waals surface area (Å²) >= 11 is 0. The zero-order valence-electron chi connectivity index (χ0n) is 17.5. The van der Waals surface area contributed by atoms with Crippen LogP contribution in [0, 0.1) is 6.92 Å². The monoisotopic (exact) mass is 389 g/mol. The minimum absolute atomic E-state index is 0.121. The highest BCUT2D eigenvalue weighted by Gasteiger charge is 2.18. The number of ether oxygens (including phenoxy) is 1. The summed E-state index contributed by atoms with van der Waals surface area (Å²) in [6.07, 6.45) is 1.81. The van der Waals surface area contributed by atoms with E-state index in [-0.39, 0.29) is 5.92 Å². The number of methoxy groups -OCH3 is 1. The molecule has 0 aliphatic carbocycles. The number of aromatic nitrogens is 4. The van der Waals surface area contributed by atoms with Crippen molar-refractivity contribution in [2.24, 2.45) is 0 Å². The molecular weight excluding hydrogens is 362 g/mol. The number of aryl methyl sites for hydroxylation is 1. The minimum atomic E-state index is 0.121. The standard InChI is InChI=1S/C21H21N5O.C2H6/c1-14(16-7-5-4-6-8-16)20-23-15(2)19-13-22-21(25-26(19)20)24-17-9-11-18(27-3)12-10-17;1-2/h4-14H,1-3H3,(H,24,25);1-2H3. The van der Waals surface area contributed by atoms with Gasteiger partial charge in [-0.05, 0) is 36.8 Å². The van der Waals surface area contributed by atoms with Gasteiger partial charge in [0.25, 0.3) is 0 Å². The molecule has 6 heteroatoms. The number of hydrogen-bond donors (Lipinski definition) is 1. The molecule has 2 heterocycles. The molecule has 0 amide bonds. The second kappa shape index (κ2) is 9.19. The molecule has 6 nitrogen and oxygen atoms in total. The number of benzene rings is 2. The zero-order chi connectivity index (χ0) is 20.8. The van der Waals surface area contributed by atoms with Gasteiger partial charge in [-0.15, -0.1) is 5.10 Å². The molecule has 0 radical (unpaired) electrons. The Hall–Kier alpha value is -3.41. The third kappa shape index (κ3) is 4.37. The van der Waals surface area contributed by atoms with E-state index in [2.05, 4.69) is 34.5 Å². The van der Waals surface area contributed by atoms with E-state index in [0.717, 1.165) is 28.5 Å². The fourth-order valence-corrected chi connectivity index (χ4v) is 3.08. The Morgan fingerprint density at radius 1 is 1.00 bits per heavy atom. The lowest BCUT2D eigenvalue weighted by atomic mass is 10.0. The molecule has 1 atom stereocenters. The number of nitrogens with one attached hydrogen (secondary N) is 1. The summed E-state index contributed by atoms with van der Waals surface area (Å²) in [6, 6.07) is 18.0. The average Bonchev–Trinajstić information content (AvgIpc) is 3.11. The van der Waals surface area contributed by atoms with Gasteiger partial charge in [0.15, 0.2) is 0 Å². The SMILES string of the molecule is CC.COc1ccc(Nc2ncc3c(C)nc(C(C)c4ccccc4)n3n2)cc1. The molecule has 1 unspecified atom stereocenters. The van der Waals surface area contributed by atoms with Gasteiger partial charge >= 0.3 is 0 Å². The van der Waals surface area contributed by atoms with Crippen molar-refractivity contribution in [3.63, 3.8) is 0 Å². The second-order valence-corrected chi connectivity index (χ2v) is 6.42. The molecule has 2 aromatic heterocycles. The summed E-state index contributed by atoms with van der Waals surface area (Å²) in [4.78, 5) is 9.19. The summed E-state index contributed by atoms with van der Waals surface area (Å²) in [5.74, 6) is 2.35. The largest absolute Gasteiger partial charge is 0.497 e. The van der Waals surface area contributed by atoms with E-state index in [1.165, 1.54) is 5.56 Å². The van der Waals surface area contributed by atoms with Gasteiger partial charge in [-0.3, -0.25) is 0 Å². The minimum Gasteiger partial charge on any atom is -0.497 e. The number of rotatable bonds is 5. The smallest absolute Gasteiger partial charge is 0.245 e. The summed E-state index contributed by atoms with van der Waals surface area (Å²) in [7, 11) is 1.65. The number of hydrogen-bond acceptors (Lipinski definition) is 5. The van der Waals surface area contributed by atoms with Crippen molar-refractivity contribution in [2.45, 2.75) is 33.6 Å². The molecule has 29 heavy (non-hydrogen) atoms. The summed E-state index contributed by atoms with van der Waals surface area (Å²) in [5, 5.41) is 7.92. The average molecular weight is 390 g/mol. The summed E-state index contributed by atoms with van der Waals surface area (Å²) < 4.78 is 7.07. The first kappa shape index (κ1) is 20.3. The van der Waals surface area contributed by atoms with Gasteiger partial charge in [0.1, 0.15) is 17.1 Å². The Kier molecular flexibility index (Phi) is 6.44. The van der Waals surface area contributed by atoms with Crippen molar-refractivity contribution in [1.29, 1.82) is 0 Å². The highest BCUT2D eigenvalue weighted by molar-refractivity contribution is 5.57. The first-order chi connectivity index (χ1) is 14.2. The summed E-state index contributed by atoms with van der Waals surface area (Å²) in [6.45, 7) is 8.12. The predicted octanol–water partition coefficient (Wildman–Crippen LogP) is 5.36. The Bertz CT molecular complexity index is 1060. The lowest BCUT2D eigenvalue weighted by molar-refractivity contribution is 0.415. The van der Waals surface area contributed by atoms with Crippen LogP contribution in [0.3, 0.4) is 0 Å². The van der Waals surface area contributed by atoms with E-state index in [9.17, 15) is 0 Å². The van der Waals surface area contributed by atoms with Gasteiger partial charge in [0.05, 0.1) is 19.0 Å². The lowest BCUT2D eigenvalue weighted by Gasteiger charge is -2.11. The molecule has 0 fully saturated rings. The van der Waals surface area contributed by atoms with Crippen LogP contribution in [-0.4, -0.2) is 26.7 Å². The molecule has 0 aliphatic heterocycles.